The number of nitro benzene ring substituents is 1. The molecule has 0 aliphatic heterocycles. The summed E-state index contributed by atoms with van der Waals surface area (Å²) in [5, 5.41) is 13.7. The number of hydrogen-bond donors (Lipinski definition) is 1. The molecule has 4 rings (SSSR count). The minimum absolute atomic E-state index is 0.0421. The number of aromatic nitrogens is 1. The summed E-state index contributed by atoms with van der Waals surface area (Å²) in [6.45, 7) is 3.98. The van der Waals surface area contributed by atoms with Crippen molar-refractivity contribution in [2.24, 2.45) is 0 Å². The summed E-state index contributed by atoms with van der Waals surface area (Å²) in [5.41, 5.74) is 3.92. The number of para-hydroxylation sites is 2. The lowest BCUT2D eigenvalue weighted by molar-refractivity contribution is -0.385. The highest BCUT2D eigenvalue weighted by atomic mass is 16.6. The standard InChI is InChI=1S/C25H23N3O5/c1-3-16(2)18-10-13-22-20(14-18)27-25(33-22)17-8-11-19(12-9-17)26-24(29)15-32-23-7-5-4-6-21(23)28(30)31/h4-14,16H,3,15H2,1-2H3,(H,26,29)/t16-/m0/s1. The van der Waals surface area contributed by atoms with Crippen LogP contribution < -0.4 is 10.1 Å². The lowest BCUT2D eigenvalue weighted by Gasteiger charge is -2.08. The average Bonchev–Trinajstić information content (AvgIpc) is 3.26. The first-order valence-corrected chi connectivity index (χ1v) is 10.6. The van der Waals surface area contributed by atoms with Crippen molar-refractivity contribution in [1.29, 1.82) is 0 Å². The van der Waals surface area contributed by atoms with Crippen LogP contribution in [0.1, 0.15) is 31.7 Å². The highest BCUT2D eigenvalue weighted by molar-refractivity contribution is 5.92. The quantitative estimate of drug-likeness (QED) is 0.266. The zero-order valence-corrected chi connectivity index (χ0v) is 18.3. The molecule has 0 aliphatic carbocycles. The Morgan fingerprint density at radius 3 is 2.64 bits per heavy atom. The Labute approximate surface area is 190 Å². The monoisotopic (exact) mass is 445 g/mol. The van der Waals surface area contributed by atoms with E-state index in [1.165, 1.54) is 23.8 Å². The summed E-state index contributed by atoms with van der Waals surface area (Å²) < 4.78 is 11.2. The molecule has 0 unspecified atom stereocenters. The number of amides is 1. The Hall–Kier alpha value is -4.20. The number of carbonyl (C=O) groups excluding carboxylic acids is 1. The topological polar surface area (TPSA) is 108 Å². The smallest absolute Gasteiger partial charge is 0.310 e. The molecule has 0 radical (unpaired) electrons. The summed E-state index contributed by atoms with van der Waals surface area (Å²) in [6, 6.07) is 19.1. The third kappa shape index (κ3) is 5.01. The first-order valence-electron chi connectivity index (χ1n) is 10.6. The number of nitrogens with one attached hydrogen (secondary N) is 1. The van der Waals surface area contributed by atoms with Gasteiger partial charge in [0.2, 0.25) is 5.89 Å². The number of carbonyl (C=O) groups is 1. The fourth-order valence-corrected chi connectivity index (χ4v) is 3.38. The molecule has 33 heavy (non-hydrogen) atoms. The van der Waals surface area contributed by atoms with Gasteiger partial charge in [-0.25, -0.2) is 4.98 Å². The van der Waals surface area contributed by atoms with E-state index in [9.17, 15) is 14.9 Å². The maximum Gasteiger partial charge on any atom is 0.310 e. The van der Waals surface area contributed by atoms with Crippen LogP contribution in [0.15, 0.2) is 71.1 Å². The zero-order valence-electron chi connectivity index (χ0n) is 18.3. The second-order valence-electron chi connectivity index (χ2n) is 7.69. The number of nitro groups is 1. The van der Waals surface area contributed by atoms with Crippen LogP contribution in [-0.2, 0) is 4.79 Å². The second-order valence-corrected chi connectivity index (χ2v) is 7.69. The van der Waals surface area contributed by atoms with Crippen LogP contribution in [0, 0.1) is 10.1 Å². The van der Waals surface area contributed by atoms with E-state index in [0.29, 0.717) is 17.5 Å². The first kappa shape index (κ1) is 22.0. The molecule has 3 aromatic carbocycles. The average molecular weight is 445 g/mol. The molecule has 0 spiro atoms. The van der Waals surface area contributed by atoms with Crippen LogP contribution in [0.2, 0.25) is 0 Å². The van der Waals surface area contributed by atoms with Crippen LogP contribution in [0.5, 0.6) is 5.75 Å². The molecule has 0 fully saturated rings. The van der Waals surface area contributed by atoms with Crippen molar-refractivity contribution in [3.63, 3.8) is 0 Å². The normalized spacial score (nSPS) is 11.8. The number of nitrogens with zero attached hydrogens (tertiary/aromatic N) is 2. The van der Waals surface area contributed by atoms with Crippen LogP contribution in [0.3, 0.4) is 0 Å². The summed E-state index contributed by atoms with van der Waals surface area (Å²) in [4.78, 5) is 27.3. The minimum Gasteiger partial charge on any atom is -0.477 e. The van der Waals surface area contributed by atoms with Crippen LogP contribution in [0.4, 0.5) is 11.4 Å². The minimum atomic E-state index is -0.552. The number of benzene rings is 3. The Morgan fingerprint density at radius 2 is 1.91 bits per heavy atom. The van der Waals surface area contributed by atoms with Gasteiger partial charge in [0.25, 0.3) is 5.91 Å². The lowest BCUT2D eigenvalue weighted by atomic mass is 9.98. The molecular formula is C25H23N3O5. The van der Waals surface area contributed by atoms with Gasteiger partial charge in [-0.05, 0) is 60.4 Å². The second kappa shape index (κ2) is 9.52. The van der Waals surface area contributed by atoms with E-state index in [1.54, 1.807) is 30.3 Å². The molecule has 1 heterocycles. The van der Waals surface area contributed by atoms with E-state index >= 15 is 0 Å². The number of anilines is 1. The van der Waals surface area contributed by atoms with Gasteiger partial charge in [-0.2, -0.15) is 0 Å². The Bertz CT molecular complexity index is 1300. The fourth-order valence-electron chi connectivity index (χ4n) is 3.38. The van der Waals surface area contributed by atoms with Gasteiger partial charge in [0.05, 0.1) is 4.92 Å². The molecule has 4 aromatic rings. The fraction of sp³-hybridized carbons (Fsp3) is 0.200. The van der Waals surface area contributed by atoms with E-state index in [2.05, 4.69) is 36.3 Å². The molecule has 8 heteroatoms. The third-order valence-corrected chi connectivity index (χ3v) is 5.43. The Balaban J connectivity index is 1.41. The molecule has 1 aromatic heterocycles. The van der Waals surface area contributed by atoms with Crippen molar-refractivity contribution in [2.45, 2.75) is 26.2 Å². The molecule has 1 amide bonds. The maximum atomic E-state index is 12.2. The third-order valence-electron chi connectivity index (χ3n) is 5.43. The van der Waals surface area contributed by atoms with Gasteiger partial charge in [-0.15, -0.1) is 0 Å². The van der Waals surface area contributed by atoms with Gasteiger partial charge in [-0.1, -0.05) is 32.0 Å². The van der Waals surface area contributed by atoms with Gasteiger partial charge in [-0.3, -0.25) is 14.9 Å². The van der Waals surface area contributed by atoms with Crippen LogP contribution >= 0.6 is 0 Å². The SMILES string of the molecule is CC[C@H](C)c1ccc2oc(-c3ccc(NC(=O)COc4ccccc4[N+](=O)[O-])cc3)nc2c1. The van der Waals surface area contributed by atoms with E-state index < -0.39 is 10.8 Å². The Morgan fingerprint density at radius 1 is 1.15 bits per heavy atom. The maximum absolute atomic E-state index is 12.2. The van der Waals surface area contributed by atoms with E-state index in [0.717, 1.165) is 23.1 Å². The molecule has 0 saturated carbocycles. The summed E-state index contributed by atoms with van der Waals surface area (Å²) in [6.07, 6.45) is 1.05. The zero-order chi connectivity index (χ0) is 23.4. The largest absolute Gasteiger partial charge is 0.477 e. The number of fused-ring (bicyclic) bond motifs is 1. The van der Waals surface area contributed by atoms with Crippen molar-refractivity contribution >= 4 is 28.4 Å². The molecule has 168 valence electrons. The first-order chi connectivity index (χ1) is 15.9. The summed E-state index contributed by atoms with van der Waals surface area (Å²) >= 11 is 0. The molecule has 8 nitrogen and oxygen atoms in total. The van der Waals surface area contributed by atoms with Crippen molar-refractivity contribution in [3.05, 3.63) is 82.4 Å². The van der Waals surface area contributed by atoms with Crippen molar-refractivity contribution in [1.82, 2.24) is 4.98 Å². The van der Waals surface area contributed by atoms with Crippen LogP contribution in [0.25, 0.3) is 22.6 Å². The highest BCUT2D eigenvalue weighted by Crippen LogP contribution is 2.29. The van der Waals surface area contributed by atoms with Gasteiger partial charge >= 0.3 is 5.69 Å². The lowest BCUT2D eigenvalue weighted by Crippen LogP contribution is -2.20. The predicted molar refractivity (Wildman–Crippen MR) is 125 cm³/mol. The van der Waals surface area contributed by atoms with Gasteiger partial charge in [0.1, 0.15) is 5.52 Å². The molecule has 1 N–H and O–H groups in total. The van der Waals surface area contributed by atoms with Gasteiger partial charge < -0.3 is 14.5 Å². The molecule has 0 aliphatic rings. The molecular weight excluding hydrogens is 422 g/mol. The van der Waals surface area contributed by atoms with E-state index in [1.807, 2.05) is 6.07 Å². The van der Waals surface area contributed by atoms with Gasteiger partial charge in [0, 0.05) is 17.3 Å². The van der Waals surface area contributed by atoms with Gasteiger partial charge in [0.15, 0.2) is 17.9 Å². The molecule has 0 saturated heterocycles. The Kier molecular flexibility index (Phi) is 6.35. The van der Waals surface area contributed by atoms with Crippen molar-refractivity contribution in [2.75, 3.05) is 11.9 Å². The number of hydrogen-bond acceptors (Lipinski definition) is 6. The number of oxazole rings is 1. The summed E-state index contributed by atoms with van der Waals surface area (Å²) in [5.74, 6) is 0.569. The highest BCUT2D eigenvalue weighted by Gasteiger charge is 2.15. The van der Waals surface area contributed by atoms with Crippen LogP contribution in [-0.4, -0.2) is 22.4 Å². The van der Waals surface area contributed by atoms with Crippen molar-refractivity contribution < 1.29 is 18.9 Å². The summed E-state index contributed by atoms with van der Waals surface area (Å²) in [7, 11) is 0. The molecule has 1 atom stereocenters. The number of rotatable bonds is 8. The van der Waals surface area contributed by atoms with E-state index in [4.69, 9.17) is 9.15 Å². The van der Waals surface area contributed by atoms with E-state index in [-0.39, 0.29) is 18.0 Å². The predicted octanol–water partition coefficient (Wildman–Crippen LogP) is 5.93. The van der Waals surface area contributed by atoms with Crippen molar-refractivity contribution in [3.8, 4) is 17.2 Å². The molecule has 0 bridgehead atoms. The number of ether oxygens (including phenoxy) is 1.